The molecule has 8 nitrogen and oxygen atoms in total. The highest BCUT2D eigenvalue weighted by atomic mass is 16.5. The Kier molecular flexibility index (Phi) is 8.45. The van der Waals surface area contributed by atoms with Gasteiger partial charge in [-0.2, -0.15) is 0 Å². The lowest BCUT2D eigenvalue weighted by atomic mass is 10.2. The van der Waals surface area contributed by atoms with E-state index in [2.05, 4.69) is 0 Å². The summed E-state index contributed by atoms with van der Waals surface area (Å²) in [6.07, 6.45) is 0. The van der Waals surface area contributed by atoms with Crippen LogP contribution in [0.4, 0.5) is 17.1 Å². The normalized spacial score (nSPS) is 10.4. The quantitative estimate of drug-likeness (QED) is 0.487. The number of carbonyl (C=O) groups is 3. The van der Waals surface area contributed by atoms with Crippen LogP contribution in [-0.2, 0) is 14.4 Å². The number of likely N-dealkylation sites (N-methyl/N-ethyl adjacent to an activating group) is 2. The van der Waals surface area contributed by atoms with Crippen molar-refractivity contribution in [1.29, 1.82) is 0 Å². The molecular weight excluding hydrogens is 444 g/mol. The molecule has 0 spiro atoms. The second-order valence-corrected chi connectivity index (χ2v) is 8.16. The van der Waals surface area contributed by atoms with E-state index < -0.39 is 5.91 Å². The molecule has 0 aliphatic rings. The molecule has 3 aromatic carbocycles. The molecule has 0 aliphatic carbocycles. The van der Waals surface area contributed by atoms with E-state index in [0.29, 0.717) is 11.4 Å². The first-order chi connectivity index (χ1) is 16.8. The van der Waals surface area contributed by atoms with Gasteiger partial charge in [-0.05, 0) is 42.8 Å². The number of nitrogens with two attached hydrogens (primary N) is 1. The summed E-state index contributed by atoms with van der Waals surface area (Å²) >= 11 is 0. The van der Waals surface area contributed by atoms with Crippen molar-refractivity contribution < 1.29 is 19.1 Å². The molecule has 3 rings (SSSR count). The Morgan fingerprint density at radius 2 is 1.46 bits per heavy atom. The standard InChI is InChI=1S/C27H30N4O4/c1-20-10-7-8-15-24(20)29(2)17-27(34)31(18-26(33)30(3)21-11-5-4-6-12-21)22-13-9-14-23(16-22)35-19-25(28)32/h4-16H,17-19H2,1-3H3,(H2,28,32). The maximum Gasteiger partial charge on any atom is 0.255 e. The number of ether oxygens (including phenoxy) is 1. The third-order valence-electron chi connectivity index (χ3n) is 5.52. The molecule has 0 aliphatic heterocycles. The van der Waals surface area contributed by atoms with E-state index in [4.69, 9.17) is 10.5 Å². The van der Waals surface area contributed by atoms with Crippen LogP contribution in [0.3, 0.4) is 0 Å². The van der Waals surface area contributed by atoms with E-state index in [1.165, 1.54) is 9.80 Å². The average Bonchev–Trinajstić information content (AvgIpc) is 2.86. The van der Waals surface area contributed by atoms with Gasteiger partial charge in [-0.3, -0.25) is 14.4 Å². The van der Waals surface area contributed by atoms with Crippen molar-refractivity contribution >= 4 is 34.8 Å². The van der Waals surface area contributed by atoms with Gasteiger partial charge < -0.3 is 25.2 Å². The zero-order chi connectivity index (χ0) is 25.4. The van der Waals surface area contributed by atoms with E-state index >= 15 is 0 Å². The van der Waals surface area contributed by atoms with Crippen molar-refractivity contribution in [1.82, 2.24) is 0 Å². The smallest absolute Gasteiger partial charge is 0.255 e. The minimum absolute atomic E-state index is 0.0551. The second-order valence-electron chi connectivity index (χ2n) is 8.16. The highest BCUT2D eigenvalue weighted by molar-refractivity contribution is 6.04. The van der Waals surface area contributed by atoms with Crippen LogP contribution in [0.15, 0.2) is 78.9 Å². The molecule has 0 unspecified atom stereocenters. The minimum atomic E-state index is -0.608. The number of nitrogens with zero attached hydrogens (tertiary/aromatic N) is 3. The van der Waals surface area contributed by atoms with Crippen molar-refractivity contribution in [3.05, 3.63) is 84.4 Å². The molecule has 8 heteroatoms. The maximum absolute atomic E-state index is 13.5. The van der Waals surface area contributed by atoms with Crippen molar-refractivity contribution in [3.8, 4) is 5.75 Å². The predicted octanol–water partition coefficient (Wildman–Crippen LogP) is 2.99. The van der Waals surface area contributed by atoms with Crippen LogP contribution < -0.4 is 25.2 Å². The molecule has 0 radical (unpaired) electrons. The first kappa shape index (κ1) is 25.3. The molecule has 182 valence electrons. The third kappa shape index (κ3) is 6.83. The molecule has 0 fully saturated rings. The van der Waals surface area contributed by atoms with E-state index in [9.17, 15) is 14.4 Å². The largest absolute Gasteiger partial charge is 0.484 e. The molecule has 0 bridgehead atoms. The molecule has 35 heavy (non-hydrogen) atoms. The molecule has 3 amide bonds. The fourth-order valence-electron chi connectivity index (χ4n) is 3.62. The number of primary amides is 1. The van der Waals surface area contributed by atoms with Gasteiger partial charge in [-0.15, -0.1) is 0 Å². The Morgan fingerprint density at radius 1 is 0.800 bits per heavy atom. The molecular formula is C27H30N4O4. The minimum Gasteiger partial charge on any atom is -0.484 e. The van der Waals surface area contributed by atoms with Crippen molar-refractivity contribution in [2.24, 2.45) is 5.73 Å². The lowest BCUT2D eigenvalue weighted by Gasteiger charge is -2.29. The van der Waals surface area contributed by atoms with Crippen molar-refractivity contribution in [2.75, 3.05) is 48.5 Å². The third-order valence-corrected chi connectivity index (χ3v) is 5.52. The monoisotopic (exact) mass is 474 g/mol. The number of benzene rings is 3. The van der Waals surface area contributed by atoms with Gasteiger partial charge in [-0.1, -0.05) is 42.5 Å². The number of anilines is 3. The second kappa shape index (κ2) is 11.7. The molecule has 0 heterocycles. The molecule has 3 aromatic rings. The van der Waals surface area contributed by atoms with Crippen LogP contribution in [0, 0.1) is 6.92 Å². The zero-order valence-corrected chi connectivity index (χ0v) is 20.2. The maximum atomic E-state index is 13.5. The van der Waals surface area contributed by atoms with E-state index in [1.54, 1.807) is 31.3 Å². The summed E-state index contributed by atoms with van der Waals surface area (Å²) in [7, 11) is 3.51. The van der Waals surface area contributed by atoms with Crippen LogP contribution in [0.2, 0.25) is 0 Å². The summed E-state index contributed by atoms with van der Waals surface area (Å²) in [5, 5.41) is 0. The van der Waals surface area contributed by atoms with Crippen LogP contribution >= 0.6 is 0 Å². The SMILES string of the molecule is Cc1ccccc1N(C)CC(=O)N(CC(=O)N(C)c1ccccc1)c1cccc(OCC(N)=O)c1. The summed E-state index contributed by atoms with van der Waals surface area (Å²) in [5.74, 6) is -0.762. The van der Waals surface area contributed by atoms with Gasteiger partial charge in [0.25, 0.3) is 5.91 Å². The van der Waals surface area contributed by atoms with Gasteiger partial charge >= 0.3 is 0 Å². The first-order valence-electron chi connectivity index (χ1n) is 11.2. The average molecular weight is 475 g/mol. The Bertz CT molecular complexity index is 1180. The van der Waals surface area contributed by atoms with Crippen LogP contribution in [-0.4, -0.2) is 51.5 Å². The van der Waals surface area contributed by atoms with Crippen molar-refractivity contribution in [2.45, 2.75) is 6.92 Å². The first-order valence-corrected chi connectivity index (χ1v) is 11.2. The van der Waals surface area contributed by atoms with Crippen LogP contribution in [0.5, 0.6) is 5.75 Å². The number of para-hydroxylation sites is 2. The summed E-state index contributed by atoms with van der Waals surface area (Å²) < 4.78 is 5.41. The van der Waals surface area contributed by atoms with Crippen LogP contribution in [0.1, 0.15) is 5.56 Å². The van der Waals surface area contributed by atoms with E-state index in [-0.39, 0.29) is 31.5 Å². The number of hydrogen-bond acceptors (Lipinski definition) is 5. The van der Waals surface area contributed by atoms with Gasteiger partial charge in [0.2, 0.25) is 11.8 Å². The molecule has 0 atom stereocenters. The van der Waals surface area contributed by atoms with Gasteiger partial charge in [0.15, 0.2) is 6.61 Å². The van der Waals surface area contributed by atoms with Crippen molar-refractivity contribution in [3.63, 3.8) is 0 Å². The lowest BCUT2D eigenvalue weighted by Crippen LogP contribution is -2.45. The fourth-order valence-corrected chi connectivity index (χ4v) is 3.62. The van der Waals surface area contributed by atoms with Gasteiger partial charge in [0, 0.05) is 37.2 Å². The summed E-state index contributed by atoms with van der Waals surface area (Å²) in [5.41, 5.74) is 8.34. The number of aryl methyl sites for hydroxylation is 1. The summed E-state index contributed by atoms with van der Waals surface area (Å²) in [6, 6.07) is 23.7. The molecule has 0 saturated heterocycles. The topological polar surface area (TPSA) is 96.2 Å². The highest BCUT2D eigenvalue weighted by Crippen LogP contribution is 2.24. The Labute approximate surface area is 205 Å². The summed E-state index contributed by atoms with van der Waals surface area (Å²) in [6.45, 7) is 1.57. The molecule has 2 N–H and O–H groups in total. The molecule has 0 saturated carbocycles. The number of hydrogen-bond donors (Lipinski definition) is 1. The zero-order valence-electron chi connectivity index (χ0n) is 20.2. The van der Waals surface area contributed by atoms with Gasteiger partial charge in [0.1, 0.15) is 12.3 Å². The summed E-state index contributed by atoms with van der Waals surface area (Å²) in [4.78, 5) is 42.6. The lowest BCUT2D eigenvalue weighted by molar-refractivity contribution is -0.121. The predicted molar refractivity (Wildman–Crippen MR) is 138 cm³/mol. The highest BCUT2D eigenvalue weighted by Gasteiger charge is 2.24. The molecule has 0 aromatic heterocycles. The fraction of sp³-hybridized carbons (Fsp3) is 0.222. The van der Waals surface area contributed by atoms with E-state index in [1.807, 2.05) is 73.5 Å². The Hall–Kier alpha value is -4.33. The number of rotatable bonds is 10. The van der Waals surface area contributed by atoms with Crippen LogP contribution in [0.25, 0.3) is 0 Å². The van der Waals surface area contributed by atoms with Gasteiger partial charge in [-0.25, -0.2) is 0 Å². The Morgan fingerprint density at radius 3 is 2.14 bits per heavy atom. The number of carbonyl (C=O) groups excluding carboxylic acids is 3. The number of amides is 3. The van der Waals surface area contributed by atoms with E-state index in [0.717, 1.165) is 16.9 Å². The van der Waals surface area contributed by atoms with Gasteiger partial charge in [0.05, 0.1) is 6.54 Å². The Balaban J connectivity index is 1.87.